The van der Waals surface area contributed by atoms with E-state index in [0.717, 1.165) is 5.56 Å². The predicted octanol–water partition coefficient (Wildman–Crippen LogP) is 4.99. The number of rotatable bonds is 5. The highest BCUT2D eigenvalue weighted by Gasteiger charge is 2.23. The van der Waals surface area contributed by atoms with Gasteiger partial charge in [-0.3, -0.25) is 9.59 Å². The zero-order valence-electron chi connectivity index (χ0n) is 18.3. The second kappa shape index (κ2) is 9.11. The third-order valence-electron chi connectivity index (χ3n) is 5.13. The summed E-state index contributed by atoms with van der Waals surface area (Å²) in [6.07, 6.45) is 0. The van der Waals surface area contributed by atoms with Gasteiger partial charge in [-0.15, -0.1) is 0 Å². The van der Waals surface area contributed by atoms with E-state index in [-0.39, 0.29) is 11.6 Å². The summed E-state index contributed by atoms with van der Waals surface area (Å²) in [6, 6.07) is 21.6. The van der Waals surface area contributed by atoms with E-state index in [4.69, 9.17) is 13.9 Å². The van der Waals surface area contributed by atoms with Crippen LogP contribution >= 0.6 is 0 Å². The van der Waals surface area contributed by atoms with Crippen LogP contribution in [0.3, 0.4) is 0 Å². The monoisotopic (exact) mass is 455 g/mol. The minimum atomic E-state index is -0.427. The number of nitrogens with one attached hydrogen (secondary N) is 2. The van der Waals surface area contributed by atoms with Crippen LogP contribution in [-0.4, -0.2) is 30.0 Å². The molecule has 4 aromatic rings. The number of hydrogen-bond donors (Lipinski definition) is 2. The maximum Gasteiger partial charge on any atom is 0.278 e. The minimum Gasteiger partial charge on any atom is -0.486 e. The quantitative estimate of drug-likeness (QED) is 0.440. The summed E-state index contributed by atoms with van der Waals surface area (Å²) in [6.45, 7) is 2.38. The lowest BCUT2D eigenvalue weighted by atomic mass is 10.1. The van der Waals surface area contributed by atoms with Gasteiger partial charge < -0.3 is 24.5 Å². The van der Waals surface area contributed by atoms with Crippen molar-refractivity contribution in [3.8, 4) is 34.3 Å². The highest BCUT2D eigenvalue weighted by atomic mass is 16.6. The summed E-state index contributed by atoms with van der Waals surface area (Å²) in [7, 11) is 0. The van der Waals surface area contributed by atoms with E-state index in [1.165, 1.54) is 6.92 Å². The normalized spacial score (nSPS) is 12.1. The van der Waals surface area contributed by atoms with Gasteiger partial charge in [0, 0.05) is 35.5 Å². The molecule has 0 spiro atoms. The van der Waals surface area contributed by atoms with E-state index in [1.54, 1.807) is 42.5 Å². The Morgan fingerprint density at radius 1 is 0.794 bits per heavy atom. The molecule has 8 nitrogen and oxygen atoms in total. The van der Waals surface area contributed by atoms with Crippen LogP contribution in [0.4, 0.5) is 11.4 Å². The highest BCUT2D eigenvalue weighted by molar-refractivity contribution is 6.07. The summed E-state index contributed by atoms with van der Waals surface area (Å²) in [5, 5.41) is 5.59. The Bertz CT molecular complexity index is 1350. The van der Waals surface area contributed by atoms with Crippen molar-refractivity contribution < 1.29 is 23.5 Å². The van der Waals surface area contributed by atoms with E-state index in [2.05, 4.69) is 15.6 Å². The minimum absolute atomic E-state index is 0.140. The number of nitrogens with zero attached hydrogens (tertiary/aromatic N) is 1. The van der Waals surface area contributed by atoms with Gasteiger partial charge in [-0.25, -0.2) is 4.98 Å². The number of fused-ring (bicyclic) bond motifs is 1. The van der Waals surface area contributed by atoms with Crippen LogP contribution in [0.15, 0.2) is 77.2 Å². The molecule has 0 aliphatic carbocycles. The molecule has 2 amide bonds. The number of hydrogen-bond acceptors (Lipinski definition) is 6. The number of carbonyl (C=O) groups excluding carboxylic acids is 2. The number of amides is 2. The number of anilines is 2. The molecule has 0 saturated carbocycles. The summed E-state index contributed by atoms with van der Waals surface area (Å²) >= 11 is 0. The summed E-state index contributed by atoms with van der Waals surface area (Å²) in [4.78, 5) is 29.1. The molecule has 1 aliphatic rings. The molecule has 2 N–H and O–H groups in total. The van der Waals surface area contributed by atoms with Crippen molar-refractivity contribution in [2.24, 2.45) is 0 Å². The van der Waals surface area contributed by atoms with Gasteiger partial charge in [-0.1, -0.05) is 18.2 Å². The first-order chi connectivity index (χ1) is 16.6. The second-order valence-corrected chi connectivity index (χ2v) is 7.63. The lowest BCUT2D eigenvalue weighted by molar-refractivity contribution is -0.114. The summed E-state index contributed by atoms with van der Waals surface area (Å²) in [5.74, 6) is 1.26. The number of oxazole rings is 1. The van der Waals surface area contributed by atoms with Gasteiger partial charge in [0.15, 0.2) is 23.0 Å². The zero-order valence-corrected chi connectivity index (χ0v) is 18.3. The average Bonchev–Trinajstić information content (AvgIpc) is 3.30. The van der Waals surface area contributed by atoms with E-state index < -0.39 is 5.91 Å². The number of aromatic nitrogens is 1. The lowest BCUT2D eigenvalue weighted by Crippen LogP contribution is -2.17. The third-order valence-corrected chi connectivity index (χ3v) is 5.13. The Hall–Kier alpha value is -4.59. The maximum atomic E-state index is 13.3. The number of ether oxygens (including phenoxy) is 2. The van der Waals surface area contributed by atoms with Crippen LogP contribution in [0, 0.1) is 0 Å². The molecular formula is C26H21N3O5. The van der Waals surface area contributed by atoms with Crippen molar-refractivity contribution in [3.63, 3.8) is 0 Å². The van der Waals surface area contributed by atoms with Gasteiger partial charge in [0.1, 0.15) is 13.2 Å². The molecule has 0 bridgehead atoms. The van der Waals surface area contributed by atoms with Crippen LogP contribution in [-0.2, 0) is 4.79 Å². The molecule has 1 aromatic heterocycles. The fourth-order valence-electron chi connectivity index (χ4n) is 3.59. The Morgan fingerprint density at radius 3 is 2.24 bits per heavy atom. The molecule has 3 aromatic carbocycles. The van der Waals surface area contributed by atoms with Crippen molar-refractivity contribution in [3.05, 3.63) is 78.5 Å². The van der Waals surface area contributed by atoms with Crippen LogP contribution in [0.1, 0.15) is 17.4 Å². The van der Waals surface area contributed by atoms with E-state index >= 15 is 0 Å². The fraction of sp³-hybridized carbons (Fsp3) is 0.115. The average molecular weight is 455 g/mol. The van der Waals surface area contributed by atoms with Gasteiger partial charge in [0.2, 0.25) is 11.8 Å². The molecule has 34 heavy (non-hydrogen) atoms. The fourth-order valence-corrected chi connectivity index (χ4v) is 3.59. The molecule has 5 rings (SSSR count). The Kier molecular flexibility index (Phi) is 5.70. The first-order valence-corrected chi connectivity index (χ1v) is 10.7. The van der Waals surface area contributed by atoms with Gasteiger partial charge in [-0.05, 0) is 48.5 Å². The highest BCUT2D eigenvalue weighted by Crippen LogP contribution is 2.34. The topological polar surface area (TPSA) is 103 Å². The van der Waals surface area contributed by atoms with Crippen LogP contribution in [0.2, 0.25) is 0 Å². The number of carbonyl (C=O) groups is 2. The summed E-state index contributed by atoms with van der Waals surface area (Å²) in [5.41, 5.74) is 2.72. The van der Waals surface area contributed by atoms with E-state index in [9.17, 15) is 9.59 Å². The maximum absolute atomic E-state index is 13.3. The SMILES string of the molecule is CC(=O)Nc1ccc(-c2oc(-c3ccccc3)nc2C(=O)Nc2ccc3c(c2)OCCO3)cc1. The van der Waals surface area contributed by atoms with Gasteiger partial charge >= 0.3 is 0 Å². The number of benzene rings is 3. The Labute approximate surface area is 195 Å². The molecule has 0 saturated heterocycles. The zero-order chi connectivity index (χ0) is 23.5. The van der Waals surface area contributed by atoms with Crippen molar-refractivity contribution in [1.29, 1.82) is 0 Å². The predicted molar refractivity (Wildman–Crippen MR) is 127 cm³/mol. The van der Waals surface area contributed by atoms with Crippen molar-refractivity contribution in [2.45, 2.75) is 6.92 Å². The first kappa shape index (κ1) is 21.3. The van der Waals surface area contributed by atoms with Crippen molar-refractivity contribution in [2.75, 3.05) is 23.8 Å². The standard InChI is InChI=1S/C26H21N3O5/c1-16(30)27-19-9-7-17(8-10-19)24-23(29-26(34-24)18-5-3-2-4-6-18)25(31)28-20-11-12-21-22(15-20)33-14-13-32-21/h2-12,15H,13-14H2,1H3,(H,27,30)(H,28,31). The lowest BCUT2D eigenvalue weighted by Gasteiger charge is -2.18. The molecule has 0 atom stereocenters. The molecule has 170 valence electrons. The van der Waals surface area contributed by atoms with Crippen molar-refractivity contribution >= 4 is 23.2 Å². The van der Waals surface area contributed by atoms with E-state index in [0.29, 0.717) is 53.3 Å². The second-order valence-electron chi connectivity index (χ2n) is 7.63. The largest absolute Gasteiger partial charge is 0.486 e. The van der Waals surface area contributed by atoms with Gasteiger partial charge in [0.25, 0.3) is 5.91 Å². The molecule has 8 heteroatoms. The Balaban J connectivity index is 1.49. The third kappa shape index (κ3) is 4.47. The molecular weight excluding hydrogens is 434 g/mol. The molecule has 0 fully saturated rings. The smallest absolute Gasteiger partial charge is 0.278 e. The summed E-state index contributed by atoms with van der Waals surface area (Å²) < 4.78 is 17.2. The van der Waals surface area contributed by atoms with Crippen LogP contribution in [0.5, 0.6) is 11.5 Å². The van der Waals surface area contributed by atoms with E-state index in [1.807, 2.05) is 30.3 Å². The Morgan fingerprint density at radius 2 is 1.50 bits per heavy atom. The van der Waals surface area contributed by atoms with Gasteiger partial charge in [-0.2, -0.15) is 0 Å². The molecule has 2 heterocycles. The first-order valence-electron chi connectivity index (χ1n) is 10.7. The van der Waals surface area contributed by atoms with Gasteiger partial charge in [0.05, 0.1) is 0 Å². The van der Waals surface area contributed by atoms with Crippen LogP contribution in [0.25, 0.3) is 22.8 Å². The molecule has 0 radical (unpaired) electrons. The van der Waals surface area contributed by atoms with Crippen LogP contribution < -0.4 is 20.1 Å². The molecule has 0 unspecified atom stereocenters. The van der Waals surface area contributed by atoms with Crippen molar-refractivity contribution in [1.82, 2.24) is 4.98 Å². The molecule has 1 aliphatic heterocycles.